The molecule has 110 valence electrons. The van der Waals surface area contributed by atoms with Crippen molar-refractivity contribution in [2.75, 3.05) is 17.7 Å². The summed E-state index contributed by atoms with van der Waals surface area (Å²) in [5.41, 5.74) is 1.25. The van der Waals surface area contributed by atoms with Gasteiger partial charge in [0.05, 0.1) is 11.3 Å². The third kappa shape index (κ3) is 3.16. The Morgan fingerprint density at radius 1 is 0.952 bits per heavy atom. The average Bonchev–Trinajstić information content (AvgIpc) is 2.44. The quantitative estimate of drug-likeness (QED) is 0.847. The van der Waals surface area contributed by atoms with E-state index in [1.165, 1.54) is 0 Å². The molecule has 0 spiro atoms. The number of hydrogen-bond donors (Lipinski definition) is 2. The van der Waals surface area contributed by atoms with Crippen LogP contribution < -0.4 is 10.6 Å². The second-order valence-electron chi connectivity index (χ2n) is 4.50. The molecule has 0 saturated heterocycles. The number of carbonyl (C=O) groups is 1. The molecule has 2 aromatic carbocycles. The minimum absolute atomic E-state index is 0.279. The lowest BCUT2D eigenvalue weighted by Crippen LogP contribution is -2.15. The molecule has 0 radical (unpaired) electrons. The predicted molar refractivity (Wildman–Crippen MR) is 75.0 cm³/mol. The minimum atomic E-state index is -1.31. The molecule has 0 bridgehead atoms. The van der Waals surface area contributed by atoms with E-state index in [1.807, 2.05) is 0 Å². The third-order valence-corrected chi connectivity index (χ3v) is 2.95. The highest BCUT2D eigenvalue weighted by Crippen LogP contribution is 2.22. The molecule has 0 aliphatic heterocycles. The van der Waals surface area contributed by atoms with E-state index in [0.29, 0.717) is 17.8 Å². The molecule has 21 heavy (non-hydrogen) atoms. The molecule has 0 fully saturated rings. The van der Waals surface area contributed by atoms with Crippen LogP contribution in [0, 0.1) is 24.4 Å². The van der Waals surface area contributed by atoms with Gasteiger partial charge in [0.15, 0.2) is 11.6 Å². The molecule has 6 heteroatoms. The van der Waals surface area contributed by atoms with E-state index >= 15 is 0 Å². The molecule has 3 nitrogen and oxygen atoms in total. The van der Waals surface area contributed by atoms with Crippen LogP contribution in [0.15, 0.2) is 30.3 Å². The molecule has 2 N–H and O–H groups in total. The van der Waals surface area contributed by atoms with Crippen molar-refractivity contribution in [3.8, 4) is 0 Å². The second kappa shape index (κ2) is 5.87. The van der Waals surface area contributed by atoms with Crippen LogP contribution in [0.1, 0.15) is 15.9 Å². The summed E-state index contributed by atoms with van der Waals surface area (Å²) < 4.78 is 39.5. The van der Waals surface area contributed by atoms with E-state index in [2.05, 4.69) is 10.6 Å². The number of rotatable bonds is 3. The fourth-order valence-corrected chi connectivity index (χ4v) is 1.87. The lowest BCUT2D eigenvalue weighted by atomic mass is 10.1. The summed E-state index contributed by atoms with van der Waals surface area (Å²) in [7, 11) is 1.64. The van der Waals surface area contributed by atoms with Gasteiger partial charge in [-0.1, -0.05) is 11.6 Å². The first-order valence-electron chi connectivity index (χ1n) is 6.16. The number of halogens is 3. The molecular weight excluding hydrogens is 281 g/mol. The topological polar surface area (TPSA) is 41.1 Å². The van der Waals surface area contributed by atoms with Gasteiger partial charge in [-0.3, -0.25) is 4.79 Å². The zero-order valence-electron chi connectivity index (χ0n) is 11.4. The summed E-state index contributed by atoms with van der Waals surface area (Å²) in [5, 5.41) is 5.07. The molecule has 0 saturated carbocycles. The van der Waals surface area contributed by atoms with E-state index in [-0.39, 0.29) is 5.56 Å². The Hall–Kier alpha value is -2.50. The number of aryl methyl sites for hydroxylation is 1. The van der Waals surface area contributed by atoms with Crippen molar-refractivity contribution < 1.29 is 18.0 Å². The minimum Gasteiger partial charge on any atom is -0.387 e. The molecule has 0 aliphatic rings. The first kappa shape index (κ1) is 14.9. The number of benzene rings is 2. The summed E-state index contributed by atoms with van der Waals surface area (Å²) in [5.74, 6) is -4.20. The van der Waals surface area contributed by atoms with Gasteiger partial charge in [0.25, 0.3) is 5.91 Å². The van der Waals surface area contributed by atoms with Crippen molar-refractivity contribution in [1.82, 2.24) is 0 Å². The van der Waals surface area contributed by atoms with Gasteiger partial charge < -0.3 is 10.6 Å². The highest BCUT2D eigenvalue weighted by Gasteiger charge is 2.15. The standard InChI is InChI=1S/C15H13F3N2O/c1-8-3-4-13(19-2)9(5-8)15(21)20-14-7-11(17)10(16)6-12(14)18/h3-7,19H,1-2H3,(H,20,21). The van der Waals surface area contributed by atoms with Crippen molar-refractivity contribution in [2.45, 2.75) is 6.92 Å². The predicted octanol–water partition coefficient (Wildman–Crippen LogP) is 3.71. The van der Waals surface area contributed by atoms with Gasteiger partial charge >= 0.3 is 0 Å². The Bertz CT molecular complexity index is 702. The summed E-state index contributed by atoms with van der Waals surface area (Å²) in [6.07, 6.45) is 0. The van der Waals surface area contributed by atoms with Gasteiger partial charge in [-0.05, 0) is 19.1 Å². The lowest BCUT2D eigenvalue weighted by molar-refractivity contribution is 0.102. The Labute approximate surface area is 119 Å². The molecule has 1 amide bonds. The van der Waals surface area contributed by atoms with Crippen molar-refractivity contribution in [2.24, 2.45) is 0 Å². The Morgan fingerprint density at radius 2 is 1.62 bits per heavy atom. The first-order chi connectivity index (χ1) is 9.92. The van der Waals surface area contributed by atoms with E-state index in [0.717, 1.165) is 5.56 Å². The molecule has 2 aromatic rings. The summed E-state index contributed by atoms with van der Waals surface area (Å²) in [6, 6.07) is 6.11. The highest BCUT2D eigenvalue weighted by atomic mass is 19.2. The van der Waals surface area contributed by atoms with Crippen LogP contribution in [0.5, 0.6) is 0 Å². The summed E-state index contributed by atoms with van der Waals surface area (Å²) in [6.45, 7) is 1.80. The van der Waals surface area contributed by atoms with Gasteiger partial charge in [-0.2, -0.15) is 0 Å². The molecule has 0 aromatic heterocycles. The Kier molecular flexibility index (Phi) is 4.16. The molecule has 0 heterocycles. The van der Waals surface area contributed by atoms with Gasteiger partial charge in [0, 0.05) is 24.9 Å². The maximum atomic E-state index is 13.5. The van der Waals surface area contributed by atoms with Crippen LogP contribution >= 0.6 is 0 Å². The SMILES string of the molecule is CNc1ccc(C)cc1C(=O)Nc1cc(F)c(F)cc1F. The van der Waals surface area contributed by atoms with Crippen LogP contribution in [0.4, 0.5) is 24.5 Å². The van der Waals surface area contributed by atoms with Gasteiger partial charge in [0.2, 0.25) is 0 Å². The zero-order chi connectivity index (χ0) is 15.6. The normalized spacial score (nSPS) is 10.3. The van der Waals surface area contributed by atoms with Crippen LogP contribution in [0.3, 0.4) is 0 Å². The van der Waals surface area contributed by atoms with Crippen molar-refractivity contribution >= 4 is 17.3 Å². The monoisotopic (exact) mass is 294 g/mol. The van der Waals surface area contributed by atoms with Crippen LogP contribution in [0.25, 0.3) is 0 Å². The fourth-order valence-electron chi connectivity index (χ4n) is 1.87. The van der Waals surface area contributed by atoms with Gasteiger partial charge in [0.1, 0.15) is 5.82 Å². The van der Waals surface area contributed by atoms with Crippen molar-refractivity contribution in [3.63, 3.8) is 0 Å². The maximum absolute atomic E-state index is 13.5. The van der Waals surface area contributed by atoms with Crippen LogP contribution in [0.2, 0.25) is 0 Å². The number of nitrogens with one attached hydrogen (secondary N) is 2. The van der Waals surface area contributed by atoms with Gasteiger partial charge in [-0.25, -0.2) is 13.2 Å². The van der Waals surface area contributed by atoms with E-state index in [4.69, 9.17) is 0 Å². The number of hydrogen-bond acceptors (Lipinski definition) is 2. The number of anilines is 2. The van der Waals surface area contributed by atoms with Crippen LogP contribution in [-0.2, 0) is 0 Å². The molecule has 2 rings (SSSR count). The molecule has 0 unspecified atom stereocenters. The maximum Gasteiger partial charge on any atom is 0.257 e. The molecular formula is C15H13F3N2O. The average molecular weight is 294 g/mol. The van der Waals surface area contributed by atoms with Crippen molar-refractivity contribution in [3.05, 3.63) is 58.9 Å². The second-order valence-corrected chi connectivity index (χ2v) is 4.50. The van der Waals surface area contributed by atoms with E-state index in [9.17, 15) is 18.0 Å². The molecule has 0 atom stereocenters. The first-order valence-corrected chi connectivity index (χ1v) is 6.16. The smallest absolute Gasteiger partial charge is 0.257 e. The third-order valence-electron chi connectivity index (χ3n) is 2.95. The van der Waals surface area contributed by atoms with Crippen LogP contribution in [-0.4, -0.2) is 13.0 Å². The lowest BCUT2D eigenvalue weighted by Gasteiger charge is -2.11. The highest BCUT2D eigenvalue weighted by molar-refractivity contribution is 6.08. The van der Waals surface area contributed by atoms with E-state index in [1.54, 1.807) is 32.2 Å². The van der Waals surface area contributed by atoms with Crippen molar-refractivity contribution in [1.29, 1.82) is 0 Å². The Balaban J connectivity index is 2.34. The summed E-state index contributed by atoms with van der Waals surface area (Å²) >= 11 is 0. The molecule has 0 aliphatic carbocycles. The Morgan fingerprint density at radius 3 is 2.29 bits per heavy atom. The van der Waals surface area contributed by atoms with E-state index < -0.39 is 29.0 Å². The number of amides is 1. The zero-order valence-corrected chi connectivity index (χ0v) is 11.4. The van der Waals surface area contributed by atoms with Gasteiger partial charge in [-0.15, -0.1) is 0 Å². The number of carbonyl (C=O) groups excluding carboxylic acids is 1. The largest absolute Gasteiger partial charge is 0.387 e. The summed E-state index contributed by atoms with van der Waals surface area (Å²) in [4.78, 5) is 12.2. The fraction of sp³-hybridized carbons (Fsp3) is 0.133.